The summed E-state index contributed by atoms with van der Waals surface area (Å²) in [6, 6.07) is 18.5. The van der Waals surface area contributed by atoms with E-state index in [0.29, 0.717) is 12.1 Å². The van der Waals surface area contributed by atoms with E-state index in [1.165, 1.54) is 4.90 Å². The number of amides is 3. The number of benzene rings is 2. The van der Waals surface area contributed by atoms with E-state index in [1.54, 1.807) is 11.9 Å². The van der Waals surface area contributed by atoms with Crippen molar-refractivity contribution in [3.63, 3.8) is 0 Å². The number of likely N-dealkylation sites (N-methyl/N-ethyl adjacent to an activating group) is 1. The summed E-state index contributed by atoms with van der Waals surface area (Å²) in [6.07, 6.45) is 0. The van der Waals surface area contributed by atoms with Crippen molar-refractivity contribution < 1.29 is 9.59 Å². The first-order valence-corrected chi connectivity index (χ1v) is 7.86. The molecule has 2 aromatic rings. The Kier molecular flexibility index (Phi) is 3.34. The first kappa shape index (κ1) is 14.5. The minimum atomic E-state index is -0.411. The van der Waals surface area contributed by atoms with Crippen LogP contribution in [0.5, 0.6) is 0 Å². The normalized spacial score (nSPS) is 20.3. The van der Waals surface area contributed by atoms with Crippen molar-refractivity contribution in [2.75, 3.05) is 18.5 Å². The van der Waals surface area contributed by atoms with Crippen molar-refractivity contribution in [1.29, 1.82) is 0 Å². The third-order valence-electron chi connectivity index (χ3n) is 4.56. The van der Waals surface area contributed by atoms with Gasteiger partial charge in [-0.25, -0.2) is 4.79 Å². The maximum absolute atomic E-state index is 13.1. The number of anilines is 1. The summed E-state index contributed by atoms with van der Waals surface area (Å²) in [5.74, 6) is -0.0584. The molecule has 5 heteroatoms. The lowest BCUT2D eigenvalue weighted by Gasteiger charge is -2.31. The molecule has 2 heterocycles. The van der Waals surface area contributed by atoms with Crippen molar-refractivity contribution >= 4 is 17.6 Å². The van der Waals surface area contributed by atoms with E-state index >= 15 is 0 Å². The Bertz CT molecular complexity index is 830. The van der Waals surface area contributed by atoms with E-state index in [0.717, 1.165) is 16.9 Å². The highest BCUT2D eigenvalue weighted by atomic mass is 16.2. The van der Waals surface area contributed by atoms with Gasteiger partial charge in [-0.1, -0.05) is 48.5 Å². The average Bonchev–Trinajstić information content (AvgIpc) is 2.97. The monoisotopic (exact) mass is 319 g/mol. The van der Waals surface area contributed by atoms with E-state index in [2.05, 4.69) is 5.32 Å². The van der Waals surface area contributed by atoms with Crippen LogP contribution >= 0.6 is 0 Å². The van der Waals surface area contributed by atoms with Gasteiger partial charge in [-0.3, -0.25) is 9.69 Å². The fraction of sp³-hybridized carbons (Fsp3) is 0.158. The summed E-state index contributed by atoms with van der Waals surface area (Å²) in [7, 11) is 1.70. The van der Waals surface area contributed by atoms with Crippen LogP contribution < -0.4 is 10.2 Å². The lowest BCUT2D eigenvalue weighted by Crippen LogP contribution is -2.45. The SMILES string of the molecule is CN1C(=O)N[C@@H](c2ccccc2)C2=C1CN(c1ccccc1)C2=O. The number of rotatable bonds is 2. The van der Waals surface area contributed by atoms with Gasteiger partial charge < -0.3 is 10.2 Å². The molecule has 0 bridgehead atoms. The molecule has 0 fully saturated rings. The standard InChI is InChI=1S/C19H17N3O2/c1-21-15-12-22(14-10-6-3-7-11-14)18(23)16(15)17(20-19(21)24)13-8-4-2-5-9-13/h2-11,17H,12H2,1H3,(H,20,24)/t17-/m0/s1. The van der Waals surface area contributed by atoms with Gasteiger partial charge in [0.1, 0.15) is 0 Å². The molecule has 1 atom stereocenters. The molecule has 0 saturated carbocycles. The molecule has 24 heavy (non-hydrogen) atoms. The highest BCUT2D eigenvalue weighted by molar-refractivity contribution is 6.11. The molecule has 2 aliphatic rings. The van der Waals surface area contributed by atoms with Crippen molar-refractivity contribution in [2.24, 2.45) is 0 Å². The van der Waals surface area contributed by atoms with Crippen molar-refractivity contribution in [2.45, 2.75) is 6.04 Å². The quantitative estimate of drug-likeness (QED) is 0.925. The third-order valence-corrected chi connectivity index (χ3v) is 4.56. The number of carbonyl (C=O) groups is 2. The largest absolute Gasteiger partial charge is 0.327 e. The predicted octanol–water partition coefficient (Wildman–Crippen LogP) is 2.68. The summed E-state index contributed by atoms with van der Waals surface area (Å²) in [5, 5.41) is 2.94. The first-order chi connectivity index (χ1) is 11.7. The Balaban J connectivity index is 1.78. The van der Waals surface area contributed by atoms with Crippen LogP contribution in [0.3, 0.4) is 0 Å². The molecule has 0 saturated heterocycles. The van der Waals surface area contributed by atoms with Crippen molar-refractivity contribution in [1.82, 2.24) is 10.2 Å². The molecule has 0 unspecified atom stereocenters. The Labute approximate surface area is 140 Å². The molecule has 3 amide bonds. The number of nitrogens with one attached hydrogen (secondary N) is 1. The predicted molar refractivity (Wildman–Crippen MR) is 91.3 cm³/mol. The molecule has 4 rings (SSSR count). The van der Waals surface area contributed by atoms with Crippen LogP contribution in [0.2, 0.25) is 0 Å². The van der Waals surface area contributed by atoms with Gasteiger partial charge in [-0.15, -0.1) is 0 Å². The number of hydrogen-bond donors (Lipinski definition) is 1. The fourth-order valence-electron chi connectivity index (χ4n) is 3.28. The summed E-state index contributed by atoms with van der Waals surface area (Å²) in [6.45, 7) is 0.408. The van der Waals surface area contributed by atoms with E-state index in [1.807, 2.05) is 60.7 Å². The number of para-hydroxylation sites is 1. The maximum atomic E-state index is 13.1. The van der Waals surface area contributed by atoms with Crippen molar-refractivity contribution in [3.05, 3.63) is 77.5 Å². The van der Waals surface area contributed by atoms with Crippen LogP contribution in [-0.2, 0) is 4.79 Å². The molecule has 0 radical (unpaired) electrons. The summed E-state index contributed by atoms with van der Waals surface area (Å²) >= 11 is 0. The van der Waals surface area contributed by atoms with E-state index in [9.17, 15) is 9.59 Å². The van der Waals surface area contributed by atoms with Gasteiger partial charge >= 0.3 is 6.03 Å². The Hall–Kier alpha value is -3.08. The zero-order valence-corrected chi connectivity index (χ0v) is 13.3. The molecular weight excluding hydrogens is 302 g/mol. The number of urea groups is 1. The second-order valence-corrected chi connectivity index (χ2v) is 5.94. The van der Waals surface area contributed by atoms with Gasteiger partial charge in [0.25, 0.3) is 5.91 Å². The third kappa shape index (κ3) is 2.17. The lowest BCUT2D eigenvalue weighted by molar-refractivity contribution is -0.114. The average molecular weight is 319 g/mol. The van der Waals surface area contributed by atoms with E-state index in [4.69, 9.17) is 0 Å². The van der Waals surface area contributed by atoms with Crippen LogP contribution in [-0.4, -0.2) is 30.4 Å². The molecule has 120 valence electrons. The zero-order valence-electron chi connectivity index (χ0n) is 13.3. The molecule has 5 nitrogen and oxygen atoms in total. The van der Waals surface area contributed by atoms with Crippen LogP contribution in [0.1, 0.15) is 11.6 Å². The van der Waals surface area contributed by atoms with Crippen LogP contribution in [0, 0.1) is 0 Å². The second-order valence-electron chi connectivity index (χ2n) is 5.94. The van der Waals surface area contributed by atoms with Gasteiger partial charge in [0.2, 0.25) is 0 Å². The Morgan fingerprint density at radius 1 is 0.958 bits per heavy atom. The van der Waals surface area contributed by atoms with Gasteiger partial charge in [0.05, 0.1) is 23.9 Å². The minimum absolute atomic E-state index is 0.0584. The number of nitrogens with zero attached hydrogens (tertiary/aromatic N) is 2. The van der Waals surface area contributed by atoms with Gasteiger partial charge in [0, 0.05) is 12.7 Å². The van der Waals surface area contributed by atoms with Crippen LogP contribution in [0.15, 0.2) is 71.9 Å². The molecule has 0 spiro atoms. The molecule has 1 N–H and O–H groups in total. The topological polar surface area (TPSA) is 52.7 Å². The van der Waals surface area contributed by atoms with Crippen LogP contribution in [0.25, 0.3) is 0 Å². The Morgan fingerprint density at radius 3 is 2.25 bits per heavy atom. The summed E-state index contributed by atoms with van der Waals surface area (Å²) in [4.78, 5) is 28.6. The second kappa shape index (κ2) is 5.53. The first-order valence-electron chi connectivity index (χ1n) is 7.86. The summed E-state index contributed by atoms with van der Waals surface area (Å²) < 4.78 is 0. The fourth-order valence-corrected chi connectivity index (χ4v) is 3.28. The smallest absolute Gasteiger partial charge is 0.322 e. The van der Waals surface area contributed by atoms with E-state index in [-0.39, 0.29) is 11.9 Å². The zero-order chi connectivity index (χ0) is 16.7. The van der Waals surface area contributed by atoms with Gasteiger partial charge in [-0.2, -0.15) is 0 Å². The molecule has 0 aliphatic carbocycles. The lowest BCUT2D eigenvalue weighted by atomic mass is 9.96. The van der Waals surface area contributed by atoms with Crippen molar-refractivity contribution in [3.8, 4) is 0 Å². The minimum Gasteiger partial charge on any atom is -0.327 e. The van der Waals surface area contributed by atoms with E-state index < -0.39 is 6.04 Å². The molecule has 0 aromatic heterocycles. The maximum Gasteiger partial charge on any atom is 0.322 e. The van der Waals surface area contributed by atoms with Crippen LogP contribution in [0.4, 0.5) is 10.5 Å². The van der Waals surface area contributed by atoms with Gasteiger partial charge in [-0.05, 0) is 17.7 Å². The van der Waals surface area contributed by atoms with Gasteiger partial charge in [0.15, 0.2) is 0 Å². The molecule has 2 aliphatic heterocycles. The number of carbonyl (C=O) groups excluding carboxylic acids is 2. The molecule has 2 aromatic carbocycles. The number of hydrogen-bond acceptors (Lipinski definition) is 2. The highest BCUT2D eigenvalue weighted by Gasteiger charge is 2.43. The summed E-state index contributed by atoms with van der Waals surface area (Å²) in [5.41, 5.74) is 3.16. The molecular formula is C19H17N3O2. The highest BCUT2D eigenvalue weighted by Crippen LogP contribution is 2.37. The Morgan fingerprint density at radius 2 is 1.58 bits per heavy atom.